The second-order valence-corrected chi connectivity index (χ2v) is 17.0. The van der Waals surface area contributed by atoms with Crippen LogP contribution in [0.25, 0.3) is 49.8 Å². The molecule has 6 aromatic heterocycles. The van der Waals surface area contributed by atoms with Crippen LogP contribution < -0.4 is 14.0 Å². The minimum atomic E-state index is -0.980. The van der Waals surface area contributed by atoms with Gasteiger partial charge in [-0.3, -0.25) is 0 Å². The van der Waals surface area contributed by atoms with E-state index in [4.69, 9.17) is 14.0 Å². The van der Waals surface area contributed by atoms with Crippen LogP contribution in [0.2, 0.25) is 0 Å². The summed E-state index contributed by atoms with van der Waals surface area (Å²) >= 11 is 0. The van der Waals surface area contributed by atoms with Gasteiger partial charge in [0, 0.05) is 134 Å². The van der Waals surface area contributed by atoms with Gasteiger partial charge in [0.25, 0.3) is 0 Å². The average molecular weight is 1170 g/mol. The van der Waals surface area contributed by atoms with Crippen LogP contribution >= 0.6 is 0 Å². The molecule has 6 N–H and O–H groups in total. The van der Waals surface area contributed by atoms with Crippen molar-refractivity contribution in [2.75, 3.05) is 0 Å². The number of hydrogen-bond donors (Lipinski definition) is 6. The Balaban J connectivity index is 0.000000257. The fourth-order valence-electron chi connectivity index (χ4n) is 10.1. The Bertz CT molecular complexity index is 2710. The predicted molar refractivity (Wildman–Crippen MR) is 275 cm³/mol. The first-order valence-electron chi connectivity index (χ1n) is 24.6. The average Bonchev–Trinajstić information content (AvgIpc) is 4.18. The van der Waals surface area contributed by atoms with Gasteiger partial charge in [0.1, 0.15) is 16.9 Å². The molecule has 3 aliphatic carbocycles. The number of nitrogens with one attached hydrogen (secondary N) is 3. The Morgan fingerprint density at radius 1 is 0.457 bits per heavy atom. The second-order valence-electron chi connectivity index (χ2n) is 17.0. The molecule has 0 amide bonds. The van der Waals surface area contributed by atoms with Crippen LogP contribution in [-0.2, 0) is 98.1 Å². The summed E-state index contributed by atoms with van der Waals surface area (Å²) in [6.45, 7) is 17.8. The summed E-state index contributed by atoms with van der Waals surface area (Å²) in [7, 11) is -2.93. The van der Waals surface area contributed by atoms with Crippen molar-refractivity contribution in [3.63, 3.8) is 0 Å². The normalized spacial score (nSPS) is 16.6. The predicted octanol–water partition coefficient (Wildman–Crippen LogP) is 11.7. The number of rotatable bonds is 3. The van der Waals surface area contributed by atoms with Crippen molar-refractivity contribution in [2.24, 2.45) is 17.8 Å². The van der Waals surface area contributed by atoms with Crippen LogP contribution in [0.4, 0.5) is 0 Å². The molecular formula is C52H70B3N6O6Y3-3. The SMILES string of the molecule is C.CC.CC.CC.Cc1nc2[nH]ccc2c2c1OB(O)[C-]=C2C1CCC1.Cc1nc2[nH]ccc2c2c1OB(O)[C-]=C2C1CCCC1.Cc1nc2[nH]ccc2c2c1OB(O)[C-]=C2C1CCCCC1.[Y].[Y].[Y]. The van der Waals surface area contributed by atoms with Crippen molar-refractivity contribution < 1.29 is 127 Å². The molecule has 12 nitrogen and oxygen atoms in total. The fourth-order valence-corrected chi connectivity index (χ4v) is 10.1. The topological polar surface area (TPSA) is 174 Å². The quantitative estimate of drug-likeness (QED) is 0.0744. The molecule has 0 atom stereocenters. The van der Waals surface area contributed by atoms with Crippen molar-refractivity contribution in [3.8, 4) is 17.2 Å². The molecule has 6 aliphatic rings. The zero-order valence-corrected chi connectivity index (χ0v) is 50.6. The Morgan fingerprint density at radius 2 is 0.714 bits per heavy atom. The van der Waals surface area contributed by atoms with E-state index < -0.39 is 21.4 Å². The number of aromatic nitrogens is 6. The molecule has 0 aromatic carbocycles. The van der Waals surface area contributed by atoms with Gasteiger partial charge >= 0.3 is 21.4 Å². The first-order valence-corrected chi connectivity index (χ1v) is 24.6. The van der Waals surface area contributed by atoms with E-state index in [1.54, 1.807) is 0 Å². The summed E-state index contributed by atoms with van der Waals surface area (Å²) in [5.74, 6) is 13.0. The van der Waals surface area contributed by atoms with Gasteiger partial charge in [-0.25, -0.2) is 49.6 Å². The maximum absolute atomic E-state index is 10.0. The number of pyridine rings is 3. The molecule has 18 heteroatoms. The molecule has 0 spiro atoms. The molecule has 70 heavy (non-hydrogen) atoms. The fraction of sp³-hybridized carbons (Fsp3) is 0.481. The Kier molecular flexibility index (Phi) is 26.1. The largest absolute Gasteiger partial charge is 0.560 e. The third-order valence-electron chi connectivity index (χ3n) is 13.1. The Labute approximate surface area is 493 Å². The van der Waals surface area contributed by atoms with Crippen molar-refractivity contribution in [2.45, 2.75) is 147 Å². The van der Waals surface area contributed by atoms with Crippen molar-refractivity contribution >= 4 is 71.2 Å². The number of nitrogens with zero attached hydrogens (tertiary/aromatic N) is 3. The van der Waals surface area contributed by atoms with E-state index in [2.05, 4.69) is 47.8 Å². The molecule has 12 rings (SSSR count). The smallest absolute Gasteiger partial charge is 0.434 e. The van der Waals surface area contributed by atoms with Gasteiger partial charge < -0.3 is 44.0 Å². The summed E-state index contributed by atoms with van der Waals surface area (Å²) in [5, 5.41) is 33.0. The number of H-pyrrole nitrogens is 3. The van der Waals surface area contributed by atoms with E-state index in [1.807, 2.05) is 99.1 Å². The number of hydrogen-bond acceptors (Lipinski definition) is 9. The van der Waals surface area contributed by atoms with Gasteiger partial charge in [-0.05, 0) is 77.0 Å². The van der Waals surface area contributed by atoms with Crippen LogP contribution in [0, 0.1) is 56.5 Å². The summed E-state index contributed by atoms with van der Waals surface area (Å²) in [6.07, 6.45) is 20.3. The molecule has 9 heterocycles. The molecule has 0 unspecified atom stereocenters. The van der Waals surface area contributed by atoms with E-state index in [0.717, 1.165) is 83.6 Å². The van der Waals surface area contributed by atoms with E-state index in [0.29, 0.717) is 35.0 Å². The standard InChI is InChI=1S/C16H18BN2O2.C15H16BN2O2.C14H14BN2O2.3C2H6.CH4.3Y/c1-10-15-14(12-7-8-18-16(12)19-10)13(9-17(20)21-15)11-5-3-2-4-6-11;1-9-14-13(11-6-7-17-15(11)18-9)12(8-16(19)20-14)10-4-2-3-5-10;1-8-13-12(10-5-6-16-14(10)17-8)11(7-15(18)19-13)9-3-2-4-9;3*1-2;;;;/h7-8,11,20H,2-6H2,1H3,(H,18,19);6-7,10,19H,2-5H2,1H3,(H,17,18);5-6,9,18H,2-4H2,1H3,(H,16,17);3*1-2H3;1H4;;;/q3*-1;;;;;;;. The maximum atomic E-state index is 10.0. The van der Waals surface area contributed by atoms with Crippen LogP contribution in [0.1, 0.15) is 160 Å². The molecular weight excluding hydrogens is 1100 g/mol. The first kappa shape index (κ1) is 62.4. The van der Waals surface area contributed by atoms with Gasteiger partial charge in [0.15, 0.2) is 0 Å². The number of aromatic amines is 3. The number of fused-ring (bicyclic) bond motifs is 9. The van der Waals surface area contributed by atoms with Crippen molar-refractivity contribution in [1.82, 2.24) is 29.9 Å². The van der Waals surface area contributed by atoms with E-state index in [9.17, 15) is 15.1 Å². The summed E-state index contributed by atoms with van der Waals surface area (Å²) < 4.78 is 16.7. The van der Waals surface area contributed by atoms with Crippen molar-refractivity contribution in [3.05, 3.63) is 88.5 Å². The zero-order chi connectivity index (χ0) is 47.1. The van der Waals surface area contributed by atoms with Gasteiger partial charge in [-0.1, -0.05) is 122 Å². The molecule has 3 radical (unpaired) electrons. The molecule has 0 saturated heterocycles. The van der Waals surface area contributed by atoms with Crippen LogP contribution in [-0.4, -0.2) is 66.3 Å². The second kappa shape index (κ2) is 29.2. The molecule has 3 aliphatic heterocycles. The Hall–Kier alpha value is -1.92. The molecule has 365 valence electrons. The molecule has 0 bridgehead atoms. The minimum absolute atomic E-state index is 0. The minimum Gasteiger partial charge on any atom is -0.560 e. The molecule has 3 fully saturated rings. The monoisotopic (exact) mass is 1170 g/mol. The molecule has 3 saturated carbocycles. The van der Waals surface area contributed by atoms with Gasteiger partial charge in [-0.15, -0.1) is 16.7 Å². The maximum Gasteiger partial charge on any atom is 0.434 e. The van der Waals surface area contributed by atoms with E-state index in [1.165, 1.54) is 77.0 Å². The van der Waals surface area contributed by atoms with Gasteiger partial charge in [0.05, 0.1) is 17.1 Å². The summed E-state index contributed by atoms with van der Waals surface area (Å²) in [4.78, 5) is 23.0. The van der Waals surface area contributed by atoms with E-state index >= 15 is 0 Å². The third-order valence-corrected chi connectivity index (χ3v) is 13.1. The third kappa shape index (κ3) is 13.3. The summed E-state index contributed by atoms with van der Waals surface area (Å²) in [5.41, 5.74) is 11.6. The van der Waals surface area contributed by atoms with Crippen LogP contribution in [0.5, 0.6) is 17.2 Å². The van der Waals surface area contributed by atoms with Gasteiger partial charge in [-0.2, -0.15) is 0 Å². The van der Waals surface area contributed by atoms with Crippen LogP contribution in [0.3, 0.4) is 0 Å². The summed E-state index contributed by atoms with van der Waals surface area (Å²) in [6, 6.07) is 6.08. The Morgan fingerprint density at radius 3 is 0.971 bits per heavy atom. The van der Waals surface area contributed by atoms with Crippen molar-refractivity contribution in [1.29, 1.82) is 0 Å². The first-order chi connectivity index (χ1) is 32.2. The van der Waals surface area contributed by atoms with Gasteiger partial charge in [0.2, 0.25) is 0 Å². The van der Waals surface area contributed by atoms with E-state index in [-0.39, 0.29) is 106 Å². The number of aryl methyl sites for hydroxylation is 3. The van der Waals surface area contributed by atoms with Crippen LogP contribution in [0.15, 0.2) is 36.8 Å². The molecule has 6 aromatic rings. The number of allylic oxidation sites excluding steroid dienone is 3. The zero-order valence-electron chi connectivity index (χ0n) is 42.1.